The normalized spacial score (nSPS) is 15.9. The summed E-state index contributed by atoms with van der Waals surface area (Å²) in [5.74, 6) is -2.18. The number of alkyl halides is 2. The van der Waals surface area contributed by atoms with Gasteiger partial charge in [0, 0.05) is 76.7 Å². The summed E-state index contributed by atoms with van der Waals surface area (Å²) in [4.78, 5) is 67.0. The van der Waals surface area contributed by atoms with Gasteiger partial charge in [0.25, 0.3) is 34.5 Å². The lowest BCUT2D eigenvalue weighted by atomic mass is 9.94. The molecule has 10 rings (SSSR count). The highest BCUT2D eigenvalue weighted by Gasteiger charge is 2.39. The summed E-state index contributed by atoms with van der Waals surface area (Å²) >= 11 is 10.3. The van der Waals surface area contributed by atoms with Crippen molar-refractivity contribution in [3.8, 4) is 0 Å². The van der Waals surface area contributed by atoms with E-state index in [0.29, 0.717) is 55.2 Å². The van der Waals surface area contributed by atoms with E-state index in [1.165, 1.54) is 58.3 Å². The number of anilines is 5. The van der Waals surface area contributed by atoms with Crippen LogP contribution in [0.25, 0.3) is 43.5 Å². The van der Waals surface area contributed by atoms with E-state index >= 15 is 0 Å². The predicted octanol–water partition coefficient (Wildman–Crippen LogP) is 9.11. The summed E-state index contributed by atoms with van der Waals surface area (Å²) in [6.45, 7) is 0.131. The number of non-ortho nitro benzene ring substituents is 2. The van der Waals surface area contributed by atoms with Crippen LogP contribution in [0.3, 0.4) is 0 Å². The zero-order chi connectivity index (χ0) is 49.5. The average molecular weight is 1030 g/mol. The van der Waals surface area contributed by atoms with Gasteiger partial charge in [-0.3, -0.25) is 39.1 Å². The van der Waals surface area contributed by atoms with Crippen molar-refractivity contribution in [3.05, 3.63) is 140 Å². The molecule has 21 nitrogen and oxygen atoms in total. The minimum atomic E-state index is -4.19. The van der Waals surface area contributed by atoms with Crippen LogP contribution in [-0.2, 0) is 21.3 Å². The fourth-order valence-electron chi connectivity index (χ4n) is 9.22. The van der Waals surface area contributed by atoms with Crippen LogP contribution >= 0.6 is 23.2 Å². The second-order valence-corrected chi connectivity index (χ2v) is 19.3. The second kappa shape index (κ2) is 17.4. The molecule has 3 atom stereocenters. The molecule has 8 aromatic rings. The van der Waals surface area contributed by atoms with Gasteiger partial charge >= 0.3 is 6.03 Å². The number of benzene rings is 6. The first-order valence-electron chi connectivity index (χ1n) is 20.7. The number of fused-ring (bicyclic) bond motifs is 8. The van der Waals surface area contributed by atoms with E-state index in [2.05, 4.69) is 15.4 Å². The molecule has 70 heavy (non-hydrogen) atoms. The molecule has 0 aliphatic carbocycles. The van der Waals surface area contributed by atoms with Gasteiger partial charge in [-0.1, -0.05) is 12.1 Å². The number of hydrogen-bond donors (Lipinski definition) is 5. The summed E-state index contributed by atoms with van der Waals surface area (Å²) in [6.07, 6.45) is 0. The van der Waals surface area contributed by atoms with Gasteiger partial charge in [0.1, 0.15) is 11.2 Å². The van der Waals surface area contributed by atoms with Crippen LogP contribution in [-0.4, -0.2) is 69.7 Å². The van der Waals surface area contributed by atoms with E-state index in [4.69, 9.17) is 37.2 Å². The van der Waals surface area contributed by atoms with Crippen LogP contribution in [0.5, 0.6) is 0 Å². The van der Waals surface area contributed by atoms with Gasteiger partial charge in [0.05, 0.1) is 36.9 Å². The molecule has 2 aromatic heterocycles. The molecule has 356 valence electrons. The lowest BCUT2D eigenvalue weighted by molar-refractivity contribution is -0.383. The Labute approximate surface area is 405 Å². The second-order valence-electron chi connectivity index (χ2n) is 16.4. The highest BCUT2D eigenvalue weighted by atomic mass is 35.5. The smallest absolute Gasteiger partial charge is 0.323 e. The Morgan fingerprint density at radius 2 is 1.14 bits per heavy atom. The number of urea groups is 1. The number of nitro benzene ring substituents is 2. The van der Waals surface area contributed by atoms with E-state index in [9.17, 15) is 51.8 Å². The summed E-state index contributed by atoms with van der Waals surface area (Å²) in [5.41, 5.74) is 2.26. The van der Waals surface area contributed by atoms with E-state index < -0.39 is 66.5 Å². The molecule has 0 radical (unpaired) electrons. The van der Waals surface area contributed by atoms with Crippen LogP contribution in [0.2, 0.25) is 0 Å². The molecule has 6 N–H and O–H groups in total. The average Bonchev–Trinajstić information content (AvgIpc) is 4.12. The summed E-state index contributed by atoms with van der Waals surface area (Å²) in [6, 6.07) is 22.4. The standard InChI is InChI=1S/C45H32Cl2N8O13S2/c46-17-23-19-52(35-15-33(54(59)60)31-13-27(51-69(63)64)1-5-29(31)41(23)35)43(56)39-11-21-9-25(2-7-37(21)67-39)49-45(58)50-26-3-8-38-22(10-26)12-40(68-38)44(57)53-20-24(18-47)42-30-6-4-28(70(48,65)66)14-32(30)34(55(61)62)16-36(42)53/h1-16,23-24,51H,17-20H2,(H,63,64)(H2,48,65,66)(H2,49,50,58). The molecule has 4 amide bonds. The number of hydrogen-bond acceptors (Lipinski definition) is 12. The van der Waals surface area contributed by atoms with Crippen LogP contribution < -0.4 is 30.3 Å². The molecule has 25 heteroatoms. The minimum Gasteiger partial charge on any atom is -0.451 e. The van der Waals surface area contributed by atoms with E-state index in [-0.39, 0.29) is 74.8 Å². The lowest BCUT2D eigenvalue weighted by Crippen LogP contribution is -2.29. The number of rotatable bonds is 11. The molecular formula is C45H32Cl2N8O13S2. The largest absolute Gasteiger partial charge is 0.451 e. The molecule has 2 aliphatic rings. The van der Waals surface area contributed by atoms with Gasteiger partial charge < -0.3 is 29.3 Å². The molecule has 0 saturated carbocycles. The van der Waals surface area contributed by atoms with Crippen molar-refractivity contribution in [2.75, 3.05) is 50.0 Å². The number of nitrogens with zero attached hydrogens (tertiary/aromatic N) is 4. The first-order chi connectivity index (χ1) is 33.4. The van der Waals surface area contributed by atoms with Crippen molar-refractivity contribution in [2.45, 2.75) is 16.7 Å². The van der Waals surface area contributed by atoms with Gasteiger partial charge in [-0.15, -0.1) is 23.2 Å². The Balaban J connectivity index is 0.860. The number of nitro groups is 2. The van der Waals surface area contributed by atoms with Crippen molar-refractivity contribution >= 4 is 146 Å². The van der Waals surface area contributed by atoms with Gasteiger partial charge in [0.2, 0.25) is 10.0 Å². The Morgan fingerprint density at radius 3 is 1.59 bits per heavy atom. The quantitative estimate of drug-likeness (QED) is 0.0350. The minimum absolute atomic E-state index is 0.0201. The van der Waals surface area contributed by atoms with Crippen LogP contribution in [0.1, 0.15) is 44.1 Å². The first-order valence-corrected chi connectivity index (χ1v) is 24.4. The Kier molecular flexibility index (Phi) is 11.4. The molecule has 0 saturated heterocycles. The Morgan fingerprint density at radius 1 is 0.686 bits per heavy atom. The third kappa shape index (κ3) is 8.06. The van der Waals surface area contributed by atoms with Crippen LogP contribution in [0, 0.1) is 20.2 Å². The Bertz CT molecular complexity index is 3770. The van der Waals surface area contributed by atoms with E-state index in [1.54, 1.807) is 42.5 Å². The summed E-state index contributed by atoms with van der Waals surface area (Å²) in [7, 11) is -4.19. The molecule has 4 heterocycles. The SMILES string of the molecule is NS(=O)(=O)c1ccc2c3c(cc([N+](=O)[O-])c2c1)N(C(=O)c1cc2cc(NC(=O)Nc4ccc5oc(C(=O)N6CC(CCl)c7c6cc([N+](=O)[O-])c6cc(NS(=O)O)ccc76)cc5c4)ccc2o1)CC3CCl. The van der Waals surface area contributed by atoms with Crippen LogP contribution in [0.4, 0.5) is 44.6 Å². The fourth-order valence-corrected chi connectivity index (χ4v) is 10.6. The highest BCUT2D eigenvalue weighted by molar-refractivity contribution is 7.89. The maximum absolute atomic E-state index is 14.1. The van der Waals surface area contributed by atoms with E-state index in [1.807, 2.05) is 0 Å². The van der Waals surface area contributed by atoms with Crippen LogP contribution in [0.15, 0.2) is 111 Å². The number of carbonyl (C=O) groups excluding carboxylic acids is 3. The zero-order valence-corrected chi connectivity index (χ0v) is 38.7. The molecule has 2 aliphatic heterocycles. The number of primary sulfonamides is 1. The van der Waals surface area contributed by atoms with Crippen molar-refractivity contribution in [1.29, 1.82) is 0 Å². The number of sulfonamides is 1. The number of carbonyl (C=O) groups is 3. The fraction of sp³-hybridized carbons (Fsp3) is 0.133. The van der Waals surface area contributed by atoms with Gasteiger partial charge in [0.15, 0.2) is 11.5 Å². The van der Waals surface area contributed by atoms with Gasteiger partial charge in [-0.2, -0.15) is 0 Å². The predicted molar refractivity (Wildman–Crippen MR) is 262 cm³/mol. The number of nitrogens with one attached hydrogen (secondary N) is 3. The van der Waals surface area contributed by atoms with Crippen molar-refractivity contribution in [2.24, 2.45) is 5.14 Å². The van der Waals surface area contributed by atoms with Crippen molar-refractivity contribution < 1.29 is 50.2 Å². The maximum atomic E-state index is 14.1. The number of nitrogens with two attached hydrogens (primary N) is 1. The Hall–Kier alpha value is -7.67. The lowest BCUT2D eigenvalue weighted by Gasteiger charge is -2.16. The maximum Gasteiger partial charge on any atom is 0.323 e. The van der Waals surface area contributed by atoms with Gasteiger partial charge in [-0.25, -0.2) is 22.6 Å². The molecule has 0 fully saturated rings. The molecule has 0 spiro atoms. The monoisotopic (exact) mass is 1030 g/mol. The number of halogens is 2. The highest BCUT2D eigenvalue weighted by Crippen LogP contribution is 2.48. The van der Waals surface area contributed by atoms with Crippen molar-refractivity contribution in [3.63, 3.8) is 0 Å². The molecule has 0 bridgehead atoms. The zero-order valence-electron chi connectivity index (χ0n) is 35.5. The van der Waals surface area contributed by atoms with E-state index in [0.717, 1.165) is 6.07 Å². The first kappa shape index (κ1) is 46.1. The number of furan rings is 2. The summed E-state index contributed by atoms with van der Waals surface area (Å²) in [5, 5.41) is 37.2. The van der Waals surface area contributed by atoms with Gasteiger partial charge in [-0.05, 0) is 94.7 Å². The van der Waals surface area contributed by atoms with Crippen molar-refractivity contribution in [1.82, 2.24) is 0 Å². The summed E-state index contributed by atoms with van der Waals surface area (Å²) < 4.78 is 59.0. The number of amides is 4. The molecular weight excluding hydrogens is 996 g/mol. The third-order valence-electron chi connectivity index (χ3n) is 12.2. The molecule has 3 unspecified atom stereocenters. The third-order valence-corrected chi connectivity index (χ3v) is 14.3. The molecule has 6 aromatic carbocycles. The topological polar surface area (TPSA) is 304 Å².